The van der Waals surface area contributed by atoms with Crippen LogP contribution < -0.4 is 4.90 Å². The maximum absolute atomic E-state index is 11.0. The fourth-order valence-corrected chi connectivity index (χ4v) is 2.23. The van der Waals surface area contributed by atoms with Crippen LogP contribution in [-0.2, 0) is 4.79 Å². The third-order valence-corrected chi connectivity index (χ3v) is 3.22. The lowest BCUT2D eigenvalue weighted by atomic mass is 10.2. The molecule has 0 bridgehead atoms. The Kier molecular flexibility index (Phi) is 2.95. The van der Waals surface area contributed by atoms with Crippen molar-refractivity contribution in [1.29, 1.82) is 0 Å². The van der Waals surface area contributed by atoms with Crippen LogP contribution in [0.4, 0.5) is 5.69 Å². The second-order valence-electron chi connectivity index (χ2n) is 3.67. The Morgan fingerprint density at radius 3 is 2.67 bits per heavy atom. The van der Waals surface area contributed by atoms with E-state index in [-0.39, 0.29) is 6.04 Å². The van der Waals surface area contributed by atoms with E-state index in [2.05, 4.69) is 15.9 Å². The second-order valence-corrected chi connectivity index (χ2v) is 4.58. The normalized spacial score (nSPS) is 20.6. The molecule has 3 nitrogen and oxygen atoms in total. The number of carbonyl (C=O) groups is 1. The van der Waals surface area contributed by atoms with Crippen molar-refractivity contribution in [2.24, 2.45) is 0 Å². The predicted molar refractivity (Wildman–Crippen MR) is 62.1 cm³/mol. The van der Waals surface area contributed by atoms with Crippen molar-refractivity contribution < 1.29 is 9.90 Å². The number of carboxylic acids is 1. The van der Waals surface area contributed by atoms with Gasteiger partial charge in [0.05, 0.1) is 0 Å². The van der Waals surface area contributed by atoms with E-state index in [1.165, 1.54) is 0 Å². The third kappa shape index (κ3) is 2.15. The second kappa shape index (κ2) is 4.23. The van der Waals surface area contributed by atoms with E-state index in [4.69, 9.17) is 5.11 Å². The van der Waals surface area contributed by atoms with Crippen LogP contribution in [0.25, 0.3) is 0 Å². The van der Waals surface area contributed by atoms with Gasteiger partial charge in [-0.05, 0) is 37.1 Å². The lowest BCUT2D eigenvalue weighted by molar-refractivity contribution is -0.138. The first-order chi connectivity index (χ1) is 7.18. The fourth-order valence-electron chi connectivity index (χ4n) is 1.97. The molecule has 1 aromatic rings. The molecule has 4 heteroatoms. The van der Waals surface area contributed by atoms with E-state index < -0.39 is 5.97 Å². The fraction of sp³-hybridized carbons (Fsp3) is 0.364. The average Bonchev–Trinajstić information content (AvgIpc) is 2.67. The minimum absolute atomic E-state index is 0.355. The zero-order chi connectivity index (χ0) is 10.8. The summed E-state index contributed by atoms with van der Waals surface area (Å²) in [5.74, 6) is -0.726. The first-order valence-corrected chi connectivity index (χ1v) is 5.73. The summed E-state index contributed by atoms with van der Waals surface area (Å²) >= 11 is 3.36. The standard InChI is InChI=1S/C11H12BrNO2/c12-8-3-5-9(6-4-8)13-7-1-2-10(13)11(14)15/h3-6,10H,1-2,7H2,(H,14,15)/t10-/m1/s1. The molecular weight excluding hydrogens is 258 g/mol. The van der Waals surface area contributed by atoms with E-state index in [0.717, 1.165) is 29.5 Å². The maximum Gasteiger partial charge on any atom is 0.326 e. The maximum atomic E-state index is 11.0. The Bertz CT molecular complexity index is 363. The summed E-state index contributed by atoms with van der Waals surface area (Å²) < 4.78 is 1.01. The predicted octanol–water partition coefficient (Wildman–Crippen LogP) is 2.50. The Hall–Kier alpha value is -1.03. The minimum atomic E-state index is -0.726. The van der Waals surface area contributed by atoms with E-state index >= 15 is 0 Å². The summed E-state index contributed by atoms with van der Waals surface area (Å²) in [6, 6.07) is 7.42. The molecule has 0 aromatic heterocycles. The lowest BCUT2D eigenvalue weighted by Gasteiger charge is -2.23. The van der Waals surface area contributed by atoms with Gasteiger partial charge in [-0.2, -0.15) is 0 Å². The minimum Gasteiger partial charge on any atom is -0.480 e. The molecule has 1 aliphatic rings. The molecule has 0 saturated carbocycles. The summed E-state index contributed by atoms with van der Waals surface area (Å²) in [6.07, 6.45) is 1.69. The Morgan fingerprint density at radius 1 is 1.40 bits per heavy atom. The van der Waals surface area contributed by atoms with Crippen LogP contribution in [0.3, 0.4) is 0 Å². The van der Waals surface area contributed by atoms with Gasteiger partial charge >= 0.3 is 5.97 Å². The molecule has 80 valence electrons. The van der Waals surface area contributed by atoms with Gasteiger partial charge in [0.25, 0.3) is 0 Å². The number of aliphatic carboxylic acids is 1. The molecule has 1 aromatic carbocycles. The number of hydrogen-bond acceptors (Lipinski definition) is 2. The Labute approximate surface area is 96.8 Å². The number of benzene rings is 1. The number of hydrogen-bond donors (Lipinski definition) is 1. The van der Waals surface area contributed by atoms with Gasteiger partial charge in [0.1, 0.15) is 6.04 Å². The zero-order valence-corrected chi connectivity index (χ0v) is 9.77. The first-order valence-electron chi connectivity index (χ1n) is 4.93. The summed E-state index contributed by atoms with van der Waals surface area (Å²) in [5, 5.41) is 9.05. The third-order valence-electron chi connectivity index (χ3n) is 2.70. The summed E-state index contributed by atoms with van der Waals surface area (Å²) in [4.78, 5) is 13.0. The van der Waals surface area contributed by atoms with Crippen molar-refractivity contribution >= 4 is 27.6 Å². The molecule has 15 heavy (non-hydrogen) atoms. The van der Waals surface area contributed by atoms with Crippen molar-refractivity contribution in [3.8, 4) is 0 Å². The molecule has 1 atom stereocenters. The van der Waals surface area contributed by atoms with Gasteiger partial charge in [-0.25, -0.2) is 4.79 Å². The largest absolute Gasteiger partial charge is 0.480 e. The number of nitrogens with zero attached hydrogens (tertiary/aromatic N) is 1. The van der Waals surface area contributed by atoms with Crippen LogP contribution in [0, 0.1) is 0 Å². The highest BCUT2D eigenvalue weighted by atomic mass is 79.9. The number of halogens is 1. The highest BCUT2D eigenvalue weighted by Crippen LogP contribution is 2.26. The van der Waals surface area contributed by atoms with Crippen molar-refractivity contribution in [2.45, 2.75) is 18.9 Å². The van der Waals surface area contributed by atoms with E-state index in [1.807, 2.05) is 29.2 Å². The number of anilines is 1. The van der Waals surface area contributed by atoms with Crippen LogP contribution >= 0.6 is 15.9 Å². The highest BCUT2D eigenvalue weighted by molar-refractivity contribution is 9.10. The van der Waals surface area contributed by atoms with Crippen LogP contribution in [0.2, 0.25) is 0 Å². The molecule has 1 heterocycles. The van der Waals surface area contributed by atoms with E-state index in [9.17, 15) is 4.79 Å². The molecule has 0 aliphatic carbocycles. The molecule has 0 spiro atoms. The van der Waals surface area contributed by atoms with Crippen LogP contribution in [-0.4, -0.2) is 23.7 Å². The van der Waals surface area contributed by atoms with Gasteiger partial charge in [-0.3, -0.25) is 0 Å². The smallest absolute Gasteiger partial charge is 0.326 e. The first kappa shape index (κ1) is 10.5. The van der Waals surface area contributed by atoms with Crippen molar-refractivity contribution in [3.05, 3.63) is 28.7 Å². The molecule has 0 radical (unpaired) electrons. The summed E-state index contributed by atoms with van der Waals surface area (Å²) in [7, 11) is 0. The van der Waals surface area contributed by atoms with Gasteiger partial charge in [-0.1, -0.05) is 15.9 Å². The average molecular weight is 270 g/mol. The molecule has 0 unspecified atom stereocenters. The van der Waals surface area contributed by atoms with Crippen molar-refractivity contribution in [2.75, 3.05) is 11.4 Å². The number of carboxylic acid groups (broad SMARTS) is 1. The topological polar surface area (TPSA) is 40.5 Å². The van der Waals surface area contributed by atoms with E-state index in [0.29, 0.717) is 0 Å². The Morgan fingerprint density at radius 2 is 2.07 bits per heavy atom. The molecule has 1 aliphatic heterocycles. The van der Waals surface area contributed by atoms with Crippen LogP contribution in [0.5, 0.6) is 0 Å². The van der Waals surface area contributed by atoms with Crippen molar-refractivity contribution in [3.63, 3.8) is 0 Å². The summed E-state index contributed by atoms with van der Waals surface area (Å²) in [6.45, 7) is 0.832. The van der Waals surface area contributed by atoms with Gasteiger partial charge < -0.3 is 10.0 Å². The Balaban J connectivity index is 2.22. The molecular formula is C11H12BrNO2. The molecule has 1 saturated heterocycles. The van der Waals surface area contributed by atoms with Crippen LogP contribution in [0.1, 0.15) is 12.8 Å². The molecule has 0 amide bonds. The lowest BCUT2D eigenvalue weighted by Crippen LogP contribution is -2.35. The van der Waals surface area contributed by atoms with Crippen molar-refractivity contribution in [1.82, 2.24) is 0 Å². The molecule has 1 N–H and O–H groups in total. The van der Waals surface area contributed by atoms with Crippen LogP contribution in [0.15, 0.2) is 28.7 Å². The van der Waals surface area contributed by atoms with Gasteiger partial charge in [0, 0.05) is 16.7 Å². The molecule has 2 rings (SSSR count). The summed E-state index contributed by atoms with van der Waals surface area (Å²) in [5.41, 5.74) is 0.989. The van der Waals surface area contributed by atoms with Gasteiger partial charge in [0.2, 0.25) is 0 Å². The number of rotatable bonds is 2. The van der Waals surface area contributed by atoms with Gasteiger partial charge in [-0.15, -0.1) is 0 Å². The monoisotopic (exact) mass is 269 g/mol. The van der Waals surface area contributed by atoms with Gasteiger partial charge in [0.15, 0.2) is 0 Å². The quantitative estimate of drug-likeness (QED) is 0.897. The molecule has 1 fully saturated rings. The zero-order valence-electron chi connectivity index (χ0n) is 8.19. The SMILES string of the molecule is O=C(O)[C@H]1CCCN1c1ccc(Br)cc1. The highest BCUT2D eigenvalue weighted by Gasteiger charge is 2.30. The van der Waals surface area contributed by atoms with E-state index in [1.54, 1.807) is 0 Å².